The van der Waals surface area contributed by atoms with Gasteiger partial charge in [-0.15, -0.1) is 11.3 Å². The molecule has 1 heterocycles. The molecule has 0 fully saturated rings. The molecule has 110 valence electrons. The lowest BCUT2D eigenvalue weighted by Crippen LogP contribution is -2.45. The van der Waals surface area contributed by atoms with Crippen molar-refractivity contribution in [2.45, 2.75) is 85.2 Å². The second kappa shape index (κ2) is 7.39. The molecule has 0 bridgehead atoms. The largest absolute Gasteiger partial charge is 0.303 e. The van der Waals surface area contributed by atoms with Crippen LogP contribution in [0.1, 0.15) is 75.9 Å². The SMILES string of the molecule is CCCCC(CC)(NC(C)C)c1nc(CC)c(C)s1. The number of hydrogen-bond donors (Lipinski definition) is 1. The fourth-order valence-electron chi connectivity index (χ4n) is 2.66. The summed E-state index contributed by atoms with van der Waals surface area (Å²) in [6, 6.07) is 0.492. The molecule has 1 aromatic rings. The molecule has 0 saturated carbocycles. The van der Waals surface area contributed by atoms with E-state index in [1.807, 2.05) is 11.3 Å². The number of hydrogen-bond acceptors (Lipinski definition) is 3. The lowest BCUT2D eigenvalue weighted by atomic mass is 9.89. The first-order valence-corrected chi connectivity index (χ1v) is 8.55. The molecule has 0 aliphatic rings. The van der Waals surface area contributed by atoms with Crippen molar-refractivity contribution in [2.24, 2.45) is 0 Å². The van der Waals surface area contributed by atoms with Crippen molar-refractivity contribution in [3.05, 3.63) is 15.6 Å². The van der Waals surface area contributed by atoms with Gasteiger partial charge in [0.15, 0.2) is 0 Å². The van der Waals surface area contributed by atoms with Gasteiger partial charge in [-0.2, -0.15) is 0 Å². The average Bonchev–Trinajstić information content (AvgIpc) is 2.76. The highest BCUT2D eigenvalue weighted by Crippen LogP contribution is 2.35. The van der Waals surface area contributed by atoms with Crippen LogP contribution in [0.5, 0.6) is 0 Å². The Bertz CT molecular complexity index is 384. The summed E-state index contributed by atoms with van der Waals surface area (Å²) in [7, 11) is 0. The van der Waals surface area contributed by atoms with Gasteiger partial charge in [0, 0.05) is 10.9 Å². The molecule has 0 saturated heterocycles. The molecule has 19 heavy (non-hydrogen) atoms. The van der Waals surface area contributed by atoms with Crippen LogP contribution in [0.4, 0.5) is 0 Å². The summed E-state index contributed by atoms with van der Waals surface area (Å²) in [6.07, 6.45) is 5.84. The summed E-state index contributed by atoms with van der Waals surface area (Å²) in [5, 5.41) is 5.10. The van der Waals surface area contributed by atoms with Crippen molar-refractivity contribution in [2.75, 3.05) is 0 Å². The number of nitrogens with one attached hydrogen (secondary N) is 1. The van der Waals surface area contributed by atoms with E-state index in [4.69, 9.17) is 4.98 Å². The van der Waals surface area contributed by atoms with Gasteiger partial charge in [0.25, 0.3) is 0 Å². The van der Waals surface area contributed by atoms with Crippen molar-refractivity contribution in [1.82, 2.24) is 10.3 Å². The number of nitrogens with zero attached hydrogens (tertiary/aromatic N) is 1. The van der Waals surface area contributed by atoms with Gasteiger partial charge in [-0.25, -0.2) is 4.98 Å². The number of aryl methyl sites for hydroxylation is 2. The molecule has 0 aliphatic heterocycles. The fraction of sp³-hybridized carbons (Fsp3) is 0.812. The highest BCUT2D eigenvalue weighted by molar-refractivity contribution is 7.11. The molecule has 0 aromatic carbocycles. The van der Waals surface area contributed by atoms with Crippen LogP contribution in [0.15, 0.2) is 0 Å². The summed E-state index contributed by atoms with van der Waals surface area (Å²) in [5.74, 6) is 0. The molecule has 1 rings (SSSR count). The molecule has 0 amide bonds. The first-order valence-electron chi connectivity index (χ1n) is 7.73. The quantitative estimate of drug-likeness (QED) is 0.740. The molecule has 0 radical (unpaired) electrons. The van der Waals surface area contributed by atoms with Crippen LogP contribution < -0.4 is 5.32 Å². The second-order valence-corrected chi connectivity index (χ2v) is 6.92. The maximum atomic E-state index is 4.93. The summed E-state index contributed by atoms with van der Waals surface area (Å²) in [4.78, 5) is 6.32. The minimum atomic E-state index is 0.0764. The zero-order valence-corrected chi connectivity index (χ0v) is 14.3. The summed E-state index contributed by atoms with van der Waals surface area (Å²) in [6.45, 7) is 13.4. The number of aromatic nitrogens is 1. The Morgan fingerprint density at radius 2 is 1.95 bits per heavy atom. The highest BCUT2D eigenvalue weighted by Gasteiger charge is 2.33. The highest BCUT2D eigenvalue weighted by atomic mass is 32.1. The normalized spacial score (nSPS) is 14.9. The van der Waals surface area contributed by atoms with E-state index in [9.17, 15) is 0 Å². The predicted molar refractivity (Wildman–Crippen MR) is 86.0 cm³/mol. The van der Waals surface area contributed by atoms with E-state index in [2.05, 4.69) is 46.9 Å². The number of unbranched alkanes of at least 4 members (excludes halogenated alkanes) is 1. The number of thiazole rings is 1. The van der Waals surface area contributed by atoms with Crippen LogP contribution >= 0.6 is 11.3 Å². The van der Waals surface area contributed by atoms with Gasteiger partial charge in [-0.1, -0.05) is 33.6 Å². The van der Waals surface area contributed by atoms with E-state index in [0.29, 0.717) is 6.04 Å². The zero-order valence-electron chi connectivity index (χ0n) is 13.5. The molecule has 3 heteroatoms. The van der Waals surface area contributed by atoms with Crippen LogP contribution in [0.25, 0.3) is 0 Å². The van der Waals surface area contributed by atoms with Crippen molar-refractivity contribution >= 4 is 11.3 Å². The van der Waals surface area contributed by atoms with Crippen molar-refractivity contribution < 1.29 is 0 Å². The minimum absolute atomic E-state index is 0.0764. The molecular formula is C16H30N2S. The van der Waals surface area contributed by atoms with Gasteiger partial charge in [0.05, 0.1) is 11.2 Å². The third kappa shape index (κ3) is 4.03. The predicted octanol–water partition coefficient (Wildman–Crippen LogP) is 4.81. The van der Waals surface area contributed by atoms with Gasteiger partial charge in [-0.05, 0) is 40.0 Å². The topological polar surface area (TPSA) is 24.9 Å². The lowest BCUT2D eigenvalue weighted by Gasteiger charge is -2.34. The zero-order chi connectivity index (χ0) is 14.5. The third-order valence-electron chi connectivity index (χ3n) is 3.76. The molecule has 0 aliphatic carbocycles. The van der Waals surface area contributed by atoms with Gasteiger partial charge in [-0.3, -0.25) is 0 Å². The molecule has 1 atom stereocenters. The Kier molecular flexibility index (Phi) is 6.48. The summed E-state index contributed by atoms with van der Waals surface area (Å²) >= 11 is 1.89. The Balaban J connectivity index is 3.11. The Hall–Kier alpha value is -0.410. The molecule has 1 unspecified atom stereocenters. The maximum Gasteiger partial charge on any atom is 0.113 e. The Morgan fingerprint density at radius 3 is 2.37 bits per heavy atom. The fourth-order valence-corrected chi connectivity index (χ4v) is 3.92. The van der Waals surface area contributed by atoms with Gasteiger partial charge < -0.3 is 5.32 Å². The number of rotatable bonds is 8. The lowest BCUT2D eigenvalue weighted by molar-refractivity contribution is 0.264. The van der Waals surface area contributed by atoms with Gasteiger partial charge in [0.2, 0.25) is 0 Å². The summed E-state index contributed by atoms with van der Waals surface area (Å²) < 4.78 is 0. The average molecular weight is 282 g/mol. The van der Waals surface area contributed by atoms with E-state index in [-0.39, 0.29) is 5.54 Å². The van der Waals surface area contributed by atoms with E-state index in [1.165, 1.54) is 34.8 Å². The van der Waals surface area contributed by atoms with Crippen LogP contribution in [0.3, 0.4) is 0 Å². The van der Waals surface area contributed by atoms with E-state index in [0.717, 1.165) is 12.8 Å². The third-order valence-corrected chi connectivity index (χ3v) is 4.98. The molecule has 1 aromatic heterocycles. The molecule has 1 N–H and O–H groups in total. The monoisotopic (exact) mass is 282 g/mol. The molecule has 0 spiro atoms. The smallest absolute Gasteiger partial charge is 0.113 e. The molecular weight excluding hydrogens is 252 g/mol. The minimum Gasteiger partial charge on any atom is -0.303 e. The van der Waals surface area contributed by atoms with Crippen LogP contribution in [0.2, 0.25) is 0 Å². The van der Waals surface area contributed by atoms with Crippen LogP contribution in [0, 0.1) is 6.92 Å². The standard InChI is InChI=1S/C16H30N2S/c1-7-10-11-16(9-3,18-12(4)5)15-17-14(8-2)13(6)19-15/h12,18H,7-11H2,1-6H3. The van der Waals surface area contributed by atoms with Crippen LogP contribution in [-0.4, -0.2) is 11.0 Å². The Labute approximate surface area is 123 Å². The van der Waals surface area contributed by atoms with Gasteiger partial charge >= 0.3 is 0 Å². The van der Waals surface area contributed by atoms with Gasteiger partial charge in [0.1, 0.15) is 5.01 Å². The summed E-state index contributed by atoms with van der Waals surface area (Å²) in [5.41, 5.74) is 1.35. The van der Waals surface area contributed by atoms with E-state index < -0.39 is 0 Å². The van der Waals surface area contributed by atoms with E-state index >= 15 is 0 Å². The first-order chi connectivity index (χ1) is 8.99. The Morgan fingerprint density at radius 1 is 1.26 bits per heavy atom. The van der Waals surface area contributed by atoms with Crippen molar-refractivity contribution in [3.63, 3.8) is 0 Å². The first kappa shape index (κ1) is 16.6. The second-order valence-electron chi connectivity index (χ2n) is 5.71. The van der Waals surface area contributed by atoms with Crippen molar-refractivity contribution in [3.8, 4) is 0 Å². The van der Waals surface area contributed by atoms with Crippen LogP contribution in [-0.2, 0) is 12.0 Å². The van der Waals surface area contributed by atoms with E-state index in [1.54, 1.807) is 0 Å². The molecule has 2 nitrogen and oxygen atoms in total. The maximum absolute atomic E-state index is 4.93. The van der Waals surface area contributed by atoms with Crippen molar-refractivity contribution in [1.29, 1.82) is 0 Å².